The highest BCUT2D eigenvalue weighted by atomic mass is 35.5. The van der Waals surface area contributed by atoms with Gasteiger partial charge in [-0.2, -0.15) is 0 Å². The lowest BCUT2D eigenvalue weighted by atomic mass is 10.1. The first-order valence-electron chi connectivity index (χ1n) is 6.64. The lowest BCUT2D eigenvalue weighted by Gasteiger charge is -2.05. The molecule has 0 saturated carbocycles. The molecule has 0 aliphatic heterocycles. The number of hydrogen-bond donors (Lipinski definition) is 1. The van der Waals surface area contributed by atoms with Gasteiger partial charge in [0.05, 0.1) is 0 Å². The predicted molar refractivity (Wildman–Crippen MR) is 86.6 cm³/mol. The molecule has 0 fully saturated rings. The summed E-state index contributed by atoms with van der Waals surface area (Å²) in [5.74, 6) is -0.514. The van der Waals surface area contributed by atoms with Crippen molar-refractivity contribution in [2.45, 2.75) is 6.92 Å². The van der Waals surface area contributed by atoms with Crippen LogP contribution in [-0.4, -0.2) is 5.91 Å². The molecule has 2 aromatic carbocycles. The molecular weight excluding hydrogens is 302 g/mol. The van der Waals surface area contributed by atoms with Gasteiger partial charge < -0.3 is 9.73 Å². The van der Waals surface area contributed by atoms with Crippen LogP contribution in [0, 0.1) is 6.92 Å². The van der Waals surface area contributed by atoms with Crippen molar-refractivity contribution in [1.82, 2.24) is 0 Å². The molecule has 5 heteroatoms. The van der Waals surface area contributed by atoms with E-state index in [1.54, 1.807) is 30.3 Å². The van der Waals surface area contributed by atoms with Gasteiger partial charge in [0.2, 0.25) is 0 Å². The normalized spacial score (nSPS) is 10.6. The number of rotatable bonds is 2. The number of halogens is 1. The fraction of sp³-hybridized carbons (Fsp3) is 0.0588. The number of carbonyl (C=O) groups excluding carboxylic acids is 1. The van der Waals surface area contributed by atoms with Crippen LogP contribution in [0.3, 0.4) is 0 Å². The van der Waals surface area contributed by atoms with Crippen LogP contribution >= 0.6 is 11.6 Å². The minimum absolute atomic E-state index is 0.0599. The first-order valence-corrected chi connectivity index (χ1v) is 7.02. The molecule has 0 bridgehead atoms. The summed E-state index contributed by atoms with van der Waals surface area (Å²) in [5, 5.41) is 3.78. The van der Waals surface area contributed by atoms with Crippen molar-refractivity contribution in [3.05, 3.63) is 75.1 Å². The number of hydrogen-bond acceptors (Lipinski definition) is 3. The molecule has 0 aliphatic carbocycles. The highest BCUT2D eigenvalue weighted by Gasteiger charge is 2.14. The first-order chi connectivity index (χ1) is 10.5. The van der Waals surface area contributed by atoms with E-state index in [1.807, 2.05) is 19.1 Å². The smallest absolute Gasteiger partial charge is 0.349 e. The topological polar surface area (TPSA) is 59.3 Å². The van der Waals surface area contributed by atoms with Crippen LogP contribution in [0.2, 0.25) is 5.02 Å². The summed E-state index contributed by atoms with van der Waals surface area (Å²) in [6, 6.07) is 13.6. The van der Waals surface area contributed by atoms with Gasteiger partial charge in [-0.15, -0.1) is 0 Å². The van der Waals surface area contributed by atoms with Gasteiger partial charge in [-0.05, 0) is 43.3 Å². The van der Waals surface area contributed by atoms with E-state index in [0.29, 0.717) is 21.7 Å². The third-order valence-corrected chi connectivity index (χ3v) is 3.48. The monoisotopic (exact) mass is 313 g/mol. The van der Waals surface area contributed by atoms with E-state index in [2.05, 4.69) is 5.32 Å². The summed E-state index contributed by atoms with van der Waals surface area (Å²) < 4.78 is 5.15. The predicted octanol–water partition coefficient (Wildman–Crippen LogP) is 4.01. The Kier molecular flexibility index (Phi) is 3.69. The molecule has 3 rings (SSSR count). The van der Waals surface area contributed by atoms with Crippen molar-refractivity contribution in [2.75, 3.05) is 5.32 Å². The maximum absolute atomic E-state index is 12.2. The van der Waals surface area contributed by atoms with Crippen LogP contribution in [0.15, 0.2) is 57.7 Å². The number of amides is 1. The highest BCUT2D eigenvalue weighted by molar-refractivity contribution is 6.31. The van der Waals surface area contributed by atoms with E-state index in [0.717, 1.165) is 5.56 Å². The van der Waals surface area contributed by atoms with Gasteiger partial charge in [0.1, 0.15) is 11.1 Å². The summed E-state index contributed by atoms with van der Waals surface area (Å²) in [6.45, 7) is 1.95. The summed E-state index contributed by atoms with van der Waals surface area (Å²) in [4.78, 5) is 24.2. The lowest BCUT2D eigenvalue weighted by Crippen LogP contribution is -2.20. The Bertz CT molecular complexity index is 913. The number of anilines is 1. The maximum atomic E-state index is 12.2. The van der Waals surface area contributed by atoms with Crippen LogP contribution in [0.25, 0.3) is 11.0 Å². The average Bonchev–Trinajstić information content (AvgIpc) is 2.49. The Morgan fingerprint density at radius 2 is 1.82 bits per heavy atom. The Hall–Kier alpha value is -2.59. The Balaban J connectivity index is 1.98. The molecule has 0 aliphatic rings. The van der Waals surface area contributed by atoms with Crippen molar-refractivity contribution in [2.24, 2.45) is 0 Å². The van der Waals surface area contributed by atoms with Crippen LogP contribution < -0.4 is 10.9 Å². The molecule has 1 aromatic heterocycles. The third kappa shape index (κ3) is 2.87. The highest BCUT2D eigenvalue weighted by Crippen LogP contribution is 2.19. The van der Waals surface area contributed by atoms with E-state index < -0.39 is 11.5 Å². The quantitative estimate of drug-likeness (QED) is 0.727. The molecule has 1 N–H and O–H groups in total. The number of benzene rings is 2. The molecule has 110 valence electrons. The van der Waals surface area contributed by atoms with Gasteiger partial charge in [0.25, 0.3) is 5.91 Å². The van der Waals surface area contributed by atoms with E-state index >= 15 is 0 Å². The van der Waals surface area contributed by atoms with Gasteiger partial charge in [-0.3, -0.25) is 4.79 Å². The largest absolute Gasteiger partial charge is 0.422 e. The Labute approximate surface area is 131 Å². The van der Waals surface area contributed by atoms with Gasteiger partial charge in [-0.25, -0.2) is 4.79 Å². The Morgan fingerprint density at radius 1 is 1.09 bits per heavy atom. The SMILES string of the molecule is Cc1ccc(NC(=O)c2cc3cc(Cl)ccc3oc2=O)cc1. The van der Waals surface area contributed by atoms with Crippen molar-refractivity contribution in [3.63, 3.8) is 0 Å². The van der Waals surface area contributed by atoms with Crippen molar-refractivity contribution in [1.29, 1.82) is 0 Å². The molecule has 4 nitrogen and oxygen atoms in total. The average molecular weight is 314 g/mol. The Morgan fingerprint density at radius 3 is 2.55 bits per heavy atom. The molecule has 0 atom stereocenters. The maximum Gasteiger partial charge on any atom is 0.349 e. The van der Waals surface area contributed by atoms with Crippen LogP contribution in [-0.2, 0) is 0 Å². The molecular formula is C17H12ClNO3. The zero-order valence-electron chi connectivity index (χ0n) is 11.7. The van der Waals surface area contributed by atoms with Crippen LogP contribution in [0.4, 0.5) is 5.69 Å². The standard InChI is InChI=1S/C17H12ClNO3/c1-10-2-5-13(6-3-10)19-16(20)14-9-11-8-12(18)4-7-15(11)22-17(14)21/h2-9H,1H3,(H,19,20). The van der Waals surface area contributed by atoms with Gasteiger partial charge >= 0.3 is 5.63 Å². The number of carbonyl (C=O) groups is 1. The minimum Gasteiger partial charge on any atom is -0.422 e. The fourth-order valence-electron chi connectivity index (χ4n) is 2.09. The van der Waals surface area contributed by atoms with Gasteiger partial charge in [-0.1, -0.05) is 29.3 Å². The zero-order valence-corrected chi connectivity index (χ0v) is 12.5. The van der Waals surface area contributed by atoms with E-state index in [-0.39, 0.29) is 5.56 Å². The third-order valence-electron chi connectivity index (χ3n) is 3.25. The van der Waals surface area contributed by atoms with E-state index in [9.17, 15) is 9.59 Å². The number of aryl methyl sites for hydroxylation is 1. The van der Waals surface area contributed by atoms with Gasteiger partial charge in [0.15, 0.2) is 0 Å². The van der Waals surface area contributed by atoms with Crippen molar-refractivity contribution >= 4 is 34.2 Å². The second kappa shape index (κ2) is 5.66. The first kappa shape index (κ1) is 14.4. The molecule has 0 radical (unpaired) electrons. The summed E-state index contributed by atoms with van der Waals surface area (Å²) in [5.41, 5.74) is 1.34. The molecule has 22 heavy (non-hydrogen) atoms. The van der Waals surface area contributed by atoms with E-state index in [4.69, 9.17) is 16.0 Å². The lowest BCUT2D eigenvalue weighted by molar-refractivity contribution is 0.102. The van der Waals surface area contributed by atoms with Crippen molar-refractivity contribution < 1.29 is 9.21 Å². The summed E-state index contributed by atoms with van der Waals surface area (Å²) in [6.07, 6.45) is 0. The fourth-order valence-corrected chi connectivity index (χ4v) is 2.27. The van der Waals surface area contributed by atoms with Crippen LogP contribution in [0.1, 0.15) is 15.9 Å². The molecule has 0 spiro atoms. The second-order valence-electron chi connectivity index (χ2n) is 4.95. The molecule has 0 unspecified atom stereocenters. The summed E-state index contributed by atoms with van der Waals surface area (Å²) >= 11 is 5.91. The zero-order chi connectivity index (χ0) is 15.7. The molecule has 1 heterocycles. The number of nitrogens with one attached hydrogen (secondary N) is 1. The van der Waals surface area contributed by atoms with E-state index in [1.165, 1.54) is 6.07 Å². The summed E-state index contributed by atoms with van der Waals surface area (Å²) in [7, 11) is 0. The molecule has 1 amide bonds. The second-order valence-corrected chi connectivity index (χ2v) is 5.39. The minimum atomic E-state index is -0.681. The van der Waals surface area contributed by atoms with Crippen molar-refractivity contribution in [3.8, 4) is 0 Å². The molecule has 0 saturated heterocycles. The molecule has 3 aromatic rings. The van der Waals surface area contributed by atoms with Crippen LogP contribution in [0.5, 0.6) is 0 Å². The van der Waals surface area contributed by atoms with Gasteiger partial charge in [0, 0.05) is 16.1 Å². The number of fused-ring (bicyclic) bond motifs is 1.